The Labute approximate surface area is 252 Å². The monoisotopic (exact) mass is 639 g/mol. The second-order valence-electron chi connectivity index (χ2n) is 14.9. The van der Waals surface area contributed by atoms with E-state index in [1.54, 1.807) is 4.72 Å². The van der Waals surface area contributed by atoms with Crippen LogP contribution in [0.25, 0.3) is 0 Å². The maximum absolute atomic E-state index is 13.5. The number of amides is 2. The number of hydrogen-bond donors (Lipinski definition) is 4. The average Bonchev–Trinajstić information content (AvgIpc) is 3.37. The van der Waals surface area contributed by atoms with Gasteiger partial charge in [0, 0.05) is 6.54 Å². The van der Waals surface area contributed by atoms with E-state index < -0.39 is 41.2 Å². The predicted octanol–water partition coefficient (Wildman–Crippen LogP) is 4.77. The molecule has 43 heavy (non-hydrogen) atoms. The average molecular weight is 640 g/mol. The molecule has 8 nitrogen and oxygen atoms in total. The molecule has 4 saturated carbocycles. The highest BCUT2D eigenvalue weighted by molar-refractivity contribution is 7.87. The molecule has 13 heteroatoms. The van der Waals surface area contributed by atoms with Gasteiger partial charge in [0.1, 0.15) is 0 Å². The third-order valence-corrected chi connectivity index (χ3v) is 14.3. The number of alkyl halides is 4. The molecular weight excluding hydrogens is 590 g/mol. The van der Waals surface area contributed by atoms with E-state index in [1.807, 2.05) is 0 Å². The Bertz CT molecular complexity index is 1160. The molecule has 1 heterocycles. The molecule has 4 N–H and O–H groups in total. The van der Waals surface area contributed by atoms with Crippen molar-refractivity contribution in [2.45, 2.75) is 110 Å². The van der Waals surface area contributed by atoms with E-state index in [9.17, 15) is 41.0 Å². The lowest BCUT2D eigenvalue weighted by molar-refractivity contribution is -0.203. The number of carbonyl (C=O) groups excluding carboxylic acids is 1. The minimum atomic E-state index is -4.86. The maximum Gasteiger partial charge on any atom is 0.329 e. The van der Waals surface area contributed by atoms with Gasteiger partial charge in [0.25, 0.3) is 0 Å². The number of urea groups is 1. The van der Waals surface area contributed by atoms with Crippen molar-refractivity contribution in [3.05, 3.63) is 0 Å². The fraction of sp³-hybridized carbons (Fsp3) is 0.967. The van der Waals surface area contributed by atoms with Crippen LogP contribution in [0.15, 0.2) is 0 Å². The first-order valence-electron chi connectivity index (χ1n) is 16.1. The minimum Gasteiger partial charge on any atom is -0.393 e. The maximum atomic E-state index is 13.5. The Balaban J connectivity index is 1.19. The van der Waals surface area contributed by atoms with Crippen LogP contribution in [0.5, 0.6) is 0 Å². The predicted molar refractivity (Wildman–Crippen MR) is 152 cm³/mol. The summed E-state index contributed by atoms with van der Waals surface area (Å²) >= 11 is 0. The largest absolute Gasteiger partial charge is 0.393 e. The van der Waals surface area contributed by atoms with Gasteiger partial charge in [-0.2, -0.15) is 30.3 Å². The standard InChI is InChI=1S/C30H49F4N3O5S/c1-5-19-23-14-18(38)8-11-28(23,4)22-9-12-27(3)20(6-7-21(27)24(22)25(19)39)17(2)10-13-35-26(40)36-43(41,42)37-15-29(31,32)30(33,34)16-37/h17-25,38-39H,5-16H2,1-4H3,(H2,35,36,40)/t17-,18-,19-,20?,21+,22+,23?,24?,25-,27?,28?/m1/s1. The summed E-state index contributed by atoms with van der Waals surface area (Å²) in [5, 5.41) is 24.8. The Morgan fingerprint density at radius 3 is 2.19 bits per heavy atom. The van der Waals surface area contributed by atoms with Gasteiger partial charge in [0.15, 0.2) is 0 Å². The number of aliphatic hydroxyl groups is 2. The molecule has 5 unspecified atom stereocenters. The van der Waals surface area contributed by atoms with Gasteiger partial charge >= 0.3 is 28.1 Å². The summed E-state index contributed by atoms with van der Waals surface area (Å²) in [6.07, 6.45) is 7.51. The Morgan fingerprint density at radius 1 is 0.953 bits per heavy atom. The van der Waals surface area contributed by atoms with Crippen molar-refractivity contribution in [1.82, 2.24) is 14.3 Å². The van der Waals surface area contributed by atoms with Crippen molar-refractivity contribution >= 4 is 16.2 Å². The van der Waals surface area contributed by atoms with Crippen LogP contribution < -0.4 is 10.0 Å². The topological polar surface area (TPSA) is 119 Å². The quantitative estimate of drug-likeness (QED) is 0.300. The molecule has 0 aromatic carbocycles. The molecule has 4 aliphatic carbocycles. The number of fused-ring (bicyclic) bond motifs is 5. The van der Waals surface area contributed by atoms with Crippen molar-refractivity contribution in [3.8, 4) is 0 Å². The molecule has 1 aliphatic heterocycles. The number of nitrogens with zero attached hydrogens (tertiary/aromatic N) is 1. The second-order valence-corrected chi connectivity index (χ2v) is 16.6. The Morgan fingerprint density at radius 2 is 1.56 bits per heavy atom. The third kappa shape index (κ3) is 5.49. The molecule has 5 fully saturated rings. The minimum absolute atomic E-state index is 0.0229. The van der Waals surface area contributed by atoms with E-state index in [-0.39, 0.29) is 51.6 Å². The summed E-state index contributed by atoms with van der Waals surface area (Å²) in [6.45, 7) is 5.79. The van der Waals surface area contributed by atoms with Crippen molar-refractivity contribution in [3.63, 3.8) is 0 Å². The Kier molecular flexibility index (Phi) is 8.69. The van der Waals surface area contributed by atoms with Gasteiger partial charge in [-0.25, -0.2) is 9.52 Å². The Hall–Kier alpha value is -1.18. The molecule has 11 atom stereocenters. The first-order chi connectivity index (χ1) is 19.9. The number of rotatable bonds is 7. The fourth-order valence-corrected chi connectivity index (χ4v) is 11.8. The van der Waals surface area contributed by atoms with Gasteiger partial charge in [0.2, 0.25) is 0 Å². The first kappa shape index (κ1) is 33.2. The van der Waals surface area contributed by atoms with Crippen LogP contribution in [0.3, 0.4) is 0 Å². The van der Waals surface area contributed by atoms with Crippen LogP contribution in [0.2, 0.25) is 0 Å². The number of nitrogens with one attached hydrogen (secondary N) is 2. The number of halogens is 4. The summed E-state index contributed by atoms with van der Waals surface area (Å²) in [6, 6.07) is -1.14. The summed E-state index contributed by atoms with van der Waals surface area (Å²) in [5.41, 5.74) is 0.141. The smallest absolute Gasteiger partial charge is 0.329 e. The van der Waals surface area contributed by atoms with E-state index in [0.29, 0.717) is 30.1 Å². The molecular formula is C30H49F4N3O5S. The van der Waals surface area contributed by atoms with Gasteiger partial charge in [-0.3, -0.25) is 0 Å². The van der Waals surface area contributed by atoms with Gasteiger partial charge in [-0.15, -0.1) is 0 Å². The lowest BCUT2D eigenvalue weighted by Gasteiger charge is -2.64. The van der Waals surface area contributed by atoms with Crippen LogP contribution in [0, 0.1) is 52.3 Å². The van der Waals surface area contributed by atoms with E-state index >= 15 is 0 Å². The van der Waals surface area contributed by atoms with Crippen LogP contribution in [-0.2, 0) is 10.2 Å². The lowest BCUT2D eigenvalue weighted by Crippen LogP contribution is -2.62. The van der Waals surface area contributed by atoms with Crippen molar-refractivity contribution in [2.24, 2.45) is 52.3 Å². The number of hydrogen-bond acceptors (Lipinski definition) is 5. The van der Waals surface area contributed by atoms with E-state index in [0.717, 1.165) is 51.4 Å². The zero-order valence-corrected chi connectivity index (χ0v) is 26.5. The highest BCUT2D eigenvalue weighted by Crippen LogP contribution is 2.69. The number of aliphatic hydroxyl groups excluding tert-OH is 2. The van der Waals surface area contributed by atoms with E-state index in [2.05, 4.69) is 33.0 Å². The van der Waals surface area contributed by atoms with E-state index in [4.69, 9.17) is 0 Å². The van der Waals surface area contributed by atoms with Crippen LogP contribution in [0.1, 0.15) is 85.5 Å². The molecule has 5 aliphatic rings. The van der Waals surface area contributed by atoms with Gasteiger partial charge in [0.05, 0.1) is 25.3 Å². The molecule has 248 valence electrons. The van der Waals surface area contributed by atoms with Crippen LogP contribution in [-0.4, -0.2) is 72.7 Å². The van der Waals surface area contributed by atoms with E-state index in [1.165, 1.54) is 0 Å². The van der Waals surface area contributed by atoms with Crippen LogP contribution >= 0.6 is 0 Å². The van der Waals surface area contributed by atoms with Crippen molar-refractivity contribution in [2.75, 3.05) is 19.6 Å². The zero-order chi connectivity index (χ0) is 31.8. The van der Waals surface area contributed by atoms with Gasteiger partial charge in [-0.1, -0.05) is 34.1 Å². The molecule has 0 bridgehead atoms. The van der Waals surface area contributed by atoms with Crippen LogP contribution in [0.4, 0.5) is 22.4 Å². The summed E-state index contributed by atoms with van der Waals surface area (Å²) in [4.78, 5) is 12.3. The van der Waals surface area contributed by atoms with Gasteiger partial charge < -0.3 is 15.5 Å². The molecule has 0 aromatic heterocycles. The summed E-state index contributed by atoms with van der Waals surface area (Å²) in [5.74, 6) is -6.94. The fourth-order valence-electron chi connectivity index (χ4n) is 10.7. The number of carbonyl (C=O) groups is 1. The highest BCUT2D eigenvalue weighted by Gasteiger charge is 2.66. The highest BCUT2D eigenvalue weighted by atomic mass is 32.2. The molecule has 5 rings (SSSR count). The molecule has 2 amide bonds. The molecule has 1 saturated heterocycles. The van der Waals surface area contributed by atoms with Crippen molar-refractivity contribution < 1.29 is 41.0 Å². The summed E-state index contributed by atoms with van der Waals surface area (Å²) < 4.78 is 80.0. The zero-order valence-electron chi connectivity index (χ0n) is 25.7. The SMILES string of the molecule is CC[C@@H]1C2C[C@H](O)CCC2(C)[C@H]2CCC3(C)C([C@H](C)CCNC(=O)NS(=O)(=O)N4CC(F)(F)C(F)(F)C4)CC[C@H]3C2[C@@H]1O. The van der Waals surface area contributed by atoms with Crippen molar-refractivity contribution in [1.29, 1.82) is 0 Å². The van der Waals surface area contributed by atoms with Gasteiger partial charge in [-0.05, 0) is 104 Å². The third-order valence-electron chi connectivity index (χ3n) is 12.9. The normalized spacial score (nSPS) is 44.6. The summed E-state index contributed by atoms with van der Waals surface area (Å²) in [7, 11) is -4.86. The molecule has 0 aromatic rings. The second kappa shape index (κ2) is 11.3. The molecule has 0 spiro atoms. The lowest BCUT2D eigenvalue weighted by atomic mass is 9.41. The first-order valence-corrected chi connectivity index (χ1v) is 17.5. The molecule has 0 radical (unpaired) electrons.